The van der Waals surface area contributed by atoms with Crippen molar-refractivity contribution in [3.63, 3.8) is 0 Å². The molecule has 0 aliphatic carbocycles. The van der Waals surface area contributed by atoms with Gasteiger partial charge in [-0.1, -0.05) is 30.3 Å². The largest absolute Gasteiger partial charge is 0.507 e. The summed E-state index contributed by atoms with van der Waals surface area (Å²) in [5, 5.41) is 10.0. The minimum Gasteiger partial charge on any atom is -0.507 e. The Morgan fingerprint density at radius 3 is 2.75 bits per heavy atom. The van der Waals surface area contributed by atoms with Crippen LogP contribution in [0.1, 0.15) is 35.2 Å². The number of nitrogens with zero attached hydrogens (tertiary/aromatic N) is 2. The highest BCUT2D eigenvalue weighted by atomic mass is 16.3. The van der Waals surface area contributed by atoms with E-state index in [1.807, 2.05) is 11.0 Å². The number of carbonyl (C=O) groups excluding carboxylic acids is 1. The number of aromatic nitrogens is 1. The molecule has 0 radical (unpaired) electrons. The van der Waals surface area contributed by atoms with Crippen LogP contribution in [0.15, 0.2) is 47.4 Å². The lowest BCUT2D eigenvalue weighted by atomic mass is 9.94. The summed E-state index contributed by atoms with van der Waals surface area (Å²) in [5.74, 6) is 0.0347. The monoisotopic (exact) mass is 381 g/mol. The molecule has 28 heavy (non-hydrogen) atoms. The quantitative estimate of drug-likeness (QED) is 0.833. The minimum atomic E-state index is -0.406. The van der Waals surface area contributed by atoms with Crippen LogP contribution in [0, 0.1) is 5.92 Å². The van der Waals surface area contributed by atoms with Gasteiger partial charge in [-0.25, -0.2) is 0 Å². The molecule has 148 valence electrons. The second kappa shape index (κ2) is 8.19. The molecule has 2 N–H and O–H groups in total. The molecule has 0 unspecified atom stereocenters. The standard InChI is InChI=1S/C22H27N3O3/c26-20-11-21(27)23-12-19(20)22(28)25-14-17-8-9-18(25)15-24(13-17)10-4-7-16-5-2-1-3-6-16/h1-3,5-6,11-12,17-18H,4,7-10,13-15H2,(H2,23,26,27)/t17-,18+/m0/s1. The molecule has 0 spiro atoms. The molecular weight excluding hydrogens is 354 g/mol. The number of aromatic amines is 1. The van der Waals surface area contributed by atoms with Crippen molar-refractivity contribution in [3.05, 3.63) is 64.1 Å². The maximum absolute atomic E-state index is 13.0. The summed E-state index contributed by atoms with van der Waals surface area (Å²) in [6.07, 6.45) is 5.64. The number of H-pyrrole nitrogens is 1. The normalized spacial score (nSPS) is 22.2. The van der Waals surface area contributed by atoms with Crippen molar-refractivity contribution in [2.45, 2.75) is 31.7 Å². The lowest BCUT2D eigenvalue weighted by molar-refractivity contribution is 0.0582. The van der Waals surface area contributed by atoms with Crippen LogP contribution >= 0.6 is 0 Å². The van der Waals surface area contributed by atoms with E-state index in [2.05, 4.69) is 34.1 Å². The first-order valence-electron chi connectivity index (χ1n) is 10.1. The highest BCUT2D eigenvalue weighted by Crippen LogP contribution is 2.30. The smallest absolute Gasteiger partial charge is 0.259 e. The fraction of sp³-hybridized carbons (Fsp3) is 0.455. The number of carbonyl (C=O) groups is 1. The van der Waals surface area contributed by atoms with Gasteiger partial charge in [0.05, 0.1) is 5.56 Å². The SMILES string of the molecule is O=C(c1c[nH]c(=O)cc1O)N1C[C@H]2CC[C@@H]1CN(CCCc1ccccc1)C2. The van der Waals surface area contributed by atoms with E-state index in [1.165, 1.54) is 11.8 Å². The van der Waals surface area contributed by atoms with Gasteiger partial charge in [0.1, 0.15) is 5.75 Å². The third-order valence-electron chi connectivity index (χ3n) is 5.97. The van der Waals surface area contributed by atoms with Crippen LogP contribution in [-0.4, -0.2) is 58.0 Å². The Labute approximate surface area is 164 Å². The van der Waals surface area contributed by atoms with Crippen molar-refractivity contribution in [3.8, 4) is 5.75 Å². The van der Waals surface area contributed by atoms with Gasteiger partial charge in [0.2, 0.25) is 0 Å². The van der Waals surface area contributed by atoms with E-state index < -0.39 is 5.56 Å². The van der Waals surface area contributed by atoms with Gasteiger partial charge in [0.25, 0.3) is 11.5 Å². The fourth-order valence-corrected chi connectivity index (χ4v) is 4.55. The van der Waals surface area contributed by atoms with Crippen LogP contribution in [0.2, 0.25) is 0 Å². The molecule has 1 amide bonds. The van der Waals surface area contributed by atoms with E-state index in [0.717, 1.165) is 57.9 Å². The topological polar surface area (TPSA) is 76.6 Å². The van der Waals surface area contributed by atoms with Gasteiger partial charge in [0.15, 0.2) is 0 Å². The molecule has 2 bridgehead atoms. The molecule has 4 heterocycles. The molecule has 6 nitrogen and oxygen atoms in total. The summed E-state index contributed by atoms with van der Waals surface area (Å²) in [5.41, 5.74) is 1.14. The molecule has 3 saturated heterocycles. The van der Waals surface area contributed by atoms with E-state index >= 15 is 0 Å². The number of aromatic hydroxyl groups is 1. The number of fused-ring (bicyclic) bond motifs is 4. The van der Waals surface area contributed by atoms with Crippen molar-refractivity contribution >= 4 is 5.91 Å². The van der Waals surface area contributed by atoms with Crippen molar-refractivity contribution in [2.75, 3.05) is 26.2 Å². The Balaban J connectivity index is 1.40. The predicted octanol–water partition coefficient (Wildman–Crippen LogP) is 2.25. The molecule has 2 atom stereocenters. The molecule has 3 aliphatic rings. The van der Waals surface area contributed by atoms with E-state index in [0.29, 0.717) is 5.92 Å². The van der Waals surface area contributed by atoms with Gasteiger partial charge >= 0.3 is 0 Å². The van der Waals surface area contributed by atoms with E-state index in [-0.39, 0.29) is 23.3 Å². The Kier molecular flexibility index (Phi) is 5.48. The summed E-state index contributed by atoms with van der Waals surface area (Å²) in [7, 11) is 0. The molecule has 0 saturated carbocycles. The van der Waals surface area contributed by atoms with Crippen LogP contribution in [0.5, 0.6) is 5.75 Å². The van der Waals surface area contributed by atoms with E-state index in [1.54, 1.807) is 0 Å². The minimum absolute atomic E-state index is 0.161. The number of rotatable bonds is 5. The van der Waals surface area contributed by atoms with Crippen LogP contribution in [0.25, 0.3) is 0 Å². The van der Waals surface area contributed by atoms with Gasteiger partial charge in [-0.15, -0.1) is 0 Å². The van der Waals surface area contributed by atoms with Crippen LogP contribution in [0.4, 0.5) is 0 Å². The molecule has 3 aliphatic heterocycles. The first kappa shape index (κ1) is 18.7. The lowest BCUT2D eigenvalue weighted by Gasteiger charge is -2.36. The number of pyridine rings is 1. The van der Waals surface area contributed by atoms with Gasteiger partial charge in [0, 0.05) is 37.9 Å². The first-order valence-corrected chi connectivity index (χ1v) is 10.1. The number of nitrogens with one attached hydrogen (secondary N) is 1. The Hall–Kier alpha value is -2.60. The number of aryl methyl sites for hydroxylation is 1. The van der Waals surface area contributed by atoms with Crippen molar-refractivity contribution in [2.24, 2.45) is 5.92 Å². The summed E-state index contributed by atoms with van der Waals surface area (Å²) in [4.78, 5) is 31.2. The van der Waals surface area contributed by atoms with Crippen molar-refractivity contribution in [1.29, 1.82) is 0 Å². The molecule has 2 aromatic rings. The molecular formula is C22H27N3O3. The molecule has 1 aromatic heterocycles. The van der Waals surface area contributed by atoms with Gasteiger partial charge < -0.3 is 19.9 Å². The van der Waals surface area contributed by atoms with Gasteiger partial charge in [-0.3, -0.25) is 9.59 Å². The summed E-state index contributed by atoms with van der Waals surface area (Å²) < 4.78 is 0. The zero-order valence-corrected chi connectivity index (χ0v) is 16.0. The predicted molar refractivity (Wildman–Crippen MR) is 107 cm³/mol. The average Bonchev–Trinajstić information content (AvgIpc) is 2.99. The molecule has 5 rings (SSSR count). The third kappa shape index (κ3) is 4.12. The second-order valence-electron chi connectivity index (χ2n) is 8.00. The lowest BCUT2D eigenvalue weighted by Crippen LogP contribution is -2.47. The van der Waals surface area contributed by atoms with Crippen molar-refractivity contribution < 1.29 is 9.90 Å². The average molecular weight is 381 g/mol. The maximum Gasteiger partial charge on any atom is 0.259 e. The van der Waals surface area contributed by atoms with Crippen LogP contribution < -0.4 is 5.56 Å². The highest BCUT2D eigenvalue weighted by molar-refractivity contribution is 5.96. The Bertz CT molecular complexity index is 880. The summed E-state index contributed by atoms with van der Waals surface area (Å²) >= 11 is 0. The van der Waals surface area contributed by atoms with Crippen LogP contribution in [-0.2, 0) is 6.42 Å². The summed E-state index contributed by atoms with van der Waals surface area (Å²) in [6.45, 7) is 3.65. The fourth-order valence-electron chi connectivity index (χ4n) is 4.55. The van der Waals surface area contributed by atoms with Gasteiger partial charge in [-0.05, 0) is 43.7 Å². The molecule has 3 fully saturated rings. The van der Waals surface area contributed by atoms with E-state index in [9.17, 15) is 14.7 Å². The third-order valence-corrected chi connectivity index (χ3v) is 5.97. The number of amides is 1. The van der Waals surface area contributed by atoms with Crippen molar-refractivity contribution in [1.82, 2.24) is 14.8 Å². The van der Waals surface area contributed by atoms with Crippen LogP contribution in [0.3, 0.4) is 0 Å². The van der Waals surface area contributed by atoms with E-state index in [4.69, 9.17) is 0 Å². The maximum atomic E-state index is 13.0. The number of benzene rings is 1. The Morgan fingerprint density at radius 1 is 1.14 bits per heavy atom. The summed E-state index contributed by atoms with van der Waals surface area (Å²) in [6, 6.07) is 11.8. The zero-order chi connectivity index (χ0) is 19.5. The molecule has 6 heteroatoms. The molecule has 1 aromatic carbocycles. The number of hydrogen-bond donors (Lipinski definition) is 2. The number of piperidine rings is 1. The zero-order valence-electron chi connectivity index (χ0n) is 16.0. The highest BCUT2D eigenvalue weighted by Gasteiger charge is 2.37. The number of hydrogen-bond acceptors (Lipinski definition) is 4. The second-order valence-corrected chi connectivity index (χ2v) is 8.00. The first-order chi connectivity index (χ1) is 13.6. The Morgan fingerprint density at radius 2 is 1.96 bits per heavy atom. The van der Waals surface area contributed by atoms with Gasteiger partial charge in [-0.2, -0.15) is 0 Å².